The van der Waals surface area contributed by atoms with Gasteiger partial charge in [-0.15, -0.1) is 0 Å². The highest BCUT2D eigenvalue weighted by molar-refractivity contribution is 6.32. The lowest BCUT2D eigenvalue weighted by molar-refractivity contribution is 0.0378. The number of morpholine rings is 1. The molecular weight excluding hydrogens is 442 g/mol. The molecule has 8 nitrogen and oxygen atoms in total. The van der Waals surface area contributed by atoms with Crippen molar-refractivity contribution in [2.75, 3.05) is 44.7 Å². The maximum atomic E-state index is 12.9. The van der Waals surface area contributed by atoms with Crippen LogP contribution in [0.3, 0.4) is 0 Å². The molecule has 9 heteroatoms. The lowest BCUT2D eigenvalue weighted by atomic mass is 10.1. The van der Waals surface area contributed by atoms with Gasteiger partial charge in [0.15, 0.2) is 0 Å². The van der Waals surface area contributed by atoms with E-state index in [2.05, 4.69) is 15.2 Å². The van der Waals surface area contributed by atoms with Crippen molar-refractivity contribution in [2.45, 2.75) is 13.3 Å². The molecule has 3 N–H and O–H groups in total. The maximum Gasteiger partial charge on any atom is 0.259 e. The van der Waals surface area contributed by atoms with Crippen LogP contribution in [0.5, 0.6) is 5.75 Å². The van der Waals surface area contributed by atoms with Crippen LogP contribution < -0.4 is 10.9 Å². The Hall–Kier alpha value is -3.07. The molecule has 0 amide bonds. The van der Waals surface area contributed by atoms with Gasteiger partial charge >= 0.3 is 0 Å². The van der Waals surface area contributed by atoms with Gasteiger partial charge in [0.05, 0.1) is 40.5 Å². The summed E-state index contributed by atoms with van der Waals surface area (Å²) in [5, 5.41) is 19.8. The second-order valence-corrected chi connectivity index (χ2v) is 8.71. The molecule has 2 aromatic heterocycles. The number of nitrogens with zero attached hydrogens (tertiary/aromatic N) is 3. The summed E-state index contributed by atoms with van der Waals surface area (Å²) in [7, 11) is 0. The smallest absolute Gasteiger partial charge is 0.259 e. The minimum absolute atomic E-state index is 0.0801. The number of aryl methyl sites for hydroxylation is 1. The van der Waals surface area contributed by atoms with Gasteiger partial charge in [-0.2, -0.15) is 5.10 Å². The molecule has 1 saturated heterocycles. The van der Waals surface area contributed by atoms with Crippen LogP contribution in [0.25, 0.3) is 27.5 Å². The molecule has 4 aromatic rings. The molecule has 3 heterocycles. The minimum Gasteiger partial charge on any atom is -0.508 e. The van der Waals surface area contributed by atoms with Crippen LogP contribution >= 0.6 is 11.6 Å². The molecule has 5 rings (SSSR count). The Morgan fingerprint density at radius 3 is 2.85 bits per heavy atom. The third-order valence-corrected chi connectivity index (χ3v) is 6.43. The third kappa shape index (κ3) is 4.29. The van der Waals surface area contributed by atoms with Crippen molar-refractivity contribution < 1.29 is 9.84 Å². The predicted octanol–water partition coefficient (Wildman–Crippen LogP) is 3.67. The summed E-state index contributed by atoms with van der Waals surface area (Å²) in [6, 6.07) is 10.6. The number of pyridine rings is 1. The van der Waals surface area contributed by atoms with E-state index in [1.807, 2.05) is 25.1 Å². The van der Waals surface area contributed by atoms with Gasteiger partial charge in [0.25, 0.3) is 5.56 Å². The fourth-order valence-corrected chi connectivity index (χ4v) is 4.57. The highest BCUT2D eigenvalue weighted by Crippen LogP contribution is 2.30. The Balaban J connectivity index is 1.42. The first kappa shape index (κ1) is 21.8. The number of aromatic amines is 1. The quantitative estimate of drug-likeness (QED) is 0.374. The third-order valence-electron chi connectivity index (χ3n) is 6.11. The maximum absolute atomic E-state index is 12.9. The number of hydrogen-bond acceptors (Lipinski definition) is 6. The first-order chi connectivity index (χ1) is 16.0. The van der Waals surface area contributed by atoms with Crippen LogP contribution in [0.1, 0.15) is 12.1 Å². The topological polar surface area (TPSA) is 95.4 Å². The largest absolute Gasteiger partial charge is 0.508 e. The summed E-state index contributed by atoms with van der Waals surface area (Å²) in [4.78, 5) is 18.3. The normalized spacial score (nSPS) is 14.8. The zero-order chi connectivity index (χ0) is 22.9. The second-order valence-electron chi connectivity index (χ2n) is 8.31. The number of fused-ring (bicyclic) bond motifs is 3. The number of halogens is 1. The number of aromatic nitrogens is 3. The Labute approximate surface area is 195 Å². The lowest BCUT2D eigenvalue weighted by Crippen LogP contribution is -2.37. The molecule has 1 aliphatic rings. The SMILES string of the molecule is Cc1c2c(=O)[nH]c3cc(NCCCN4CCOCC4)ccc3c2nn1-c1cc(O)ccc1Cl. The van der Waals surface area contributed by atoms with Gasteiger partial charge in [0.1, 0.15) is 11.3 Å². The van der Waals surface area contributed by atoms with E-state index in [4.69, 9.17) is 21.4 Å². The van der Waals surface area contributed by atoms with E-state index in [0.29, 0.717) is 27.3 Å². The van der Waals surface area contributed by atoms with E-state index in [-0.39, 0.29) is 11.3 Å². The monoisotopic (exact) mass is 467 g/mol. The predicted molar refractivity (Wildman–Crippen MR) is 131 cm³/mol. The van der Waals surface area contributed by atoms with Gasteiger partial charge in [0.2, 0.25) is 0 Å². The number of nitrogens with one attached hydrogen (secondary N) is 2. The van der Waals surface area contributed by atoms with Crippen molar-refractivity contribution >= 4 is 39.1 Å². The molecular formula is C24H26ClN5O3. The van der Waals surface area contributed by atoms with Crippen LogP contribution in [0.2, 0.25) is 5.02 Å². The Bertz CT molecular complexity index is 1370. The van der Waals surface area contributed by atoms with Crippen LogP contribution in [0.15, 0.2) is 41.2 Å². The molecule has 1 fully saturated rings. The van der Waals surface area contributed by atoms with Crippen LogP contribution in [-0.2, 0) is 4.74 Å². The van der Waals surface area contributed by atoms with E-state index < -0.39 is 0 Å². The van der Waals surface area contributed by atoms with Gasteiger partial charge in [-0.05, 0) is 50.2 Å². The average Bonchev–Trinajstić information content (AvgIpc) is 3.16. The summed E-state index contributed by atoms with van der Waals surface area (Å²) < 4.78 is 7.00. The van der Waals surface area contributed by atoms with Crippen LogP contribution in [0, 0.1) is 6.92 Å². The molecule has 0 unspecified atom stereocenters. The van der Waals surface area contributed by atoms with Crippen molar-refractivity contribution in [3.05, 3.63) is 57.5 Å². The van der Waals surface area contributed by atoms with Gasteiger partial charge in [-0.1, -0.05) is 11.6 Å². The molecule has 0 atom stereocenters. The van der Waals surface area contributed by atoms with Crippen LogP contribution in [0.4, 0.5) is 5.69 Å². The number of aromatic hydroxyl groups is 1. The molecule has 0 spiro atoms. The lowest BCUT2D eigenvalue weighted by Gasteiger charge is -2.26. The van der Waals surface area contributed by atoms with Crippen molar-refractivity contribution in [3.8, 4) is 11.4 Å². The molecule has 0 saturated carbocycles. The summed E-state index contributed by atoms with van der Waals surface area (Å²) in [6.45, 7) is 7.32. The van der Waals surface area contributed by atoms with E-state index >= 15 is 0 Å². The molecule has 33 heavy (non-hydrogen) atoms. The number of rotatable bonds is 6. The molecule has 172 valence electrons. The molecule has 2 aromatic carbocycles. The fourth-order valence-electron chi connectivity index (χ4n) is 4.37. The van der Waals surface area contributed by atoms with Gasteiger partial charge in [-0.3, -0.25) is 9.69 Å². The highest BCUT2D eigenvalue weighted by Gasteiger charge is 2.18. The fraction of sp³-hybridized carbons (Fsp3) is 0.333. The zero-order valence-electron chi connectivity index (χ0n) is 18.4. The van der Waals surface area contributed by atoms with Crippen molar-refractivity contribution in [1.82, 2.24) is 19.7 Å². The molecule has 0 radical (unpaired) electrons. The van der Waals surface area contributed by atoms with Gasteiger partial charge < -0.3 is 20.1 Å². The zero-order valence-corrected chi connectivity index (χ0v) is 19.2. The molecule has 1 aliphatic heterocycles. The number of benzene rings is 2. The number of phenols is 1. The van der Waals surface area contributed by atoms with E-state index in [0.717, 1.165) is 62.4 Å². The van der Waals surface area contributed by atoms with E-state index in [1.54, 1.807) is 10.7 Å². The Kier molecular flexibility index (Phi) is 5.97. The average molecular weight is 468 g/mol. The van der Waals surface area contributed by atoms with Crippen LogP contribution in [-0.4, -0.2) is 64.2 Å². The van der Waals surface area contributed by atoms with Crippen molar-refractivity contribution in [3.63, 3.8) is 0 Å². The standard InChI is InChI=1S/C24H26ClN5O3/c1-15-22-23(28-30(15)21-14-17(31)4-6-19(21)25)18-5-3-16(13-20(18)27-24(22)32)26-7-2-8-29-9-11-33-12-10-29/h3-6,13-14,26,31H,2,7-12H2,1H3,(H,27,32). The van der Waals surface area contributed by atoms with Crippen molar-refractivity contribution in [1.29, 1.82) is 0 Å². The van der Waals surface area contributed by atoms with Gasteiger partial charge in [0, 0.05) is 36.8 Å². The minimum atomic E-state index is -0.206. The summed E-state index contributed by atoms with van der Waals surface area (Å²) in [6.07, 6.45) is 1.03. The Morgan fingerprint density at radius 1 is 1.21 bits per heavy atom. The molecule has 0 bridgehead atoms. The number of H-pyrrole nitrogens is 1. The second kappa shape index (κ2) is 9.05. The first-order valence-corrected chi connectivity index (χ1v) is 11.5. The Morgan fingerprint density at radius 2 is 2.03 bits per heavy atom. The number of phenolic OH excluding ortho intramolecular Hbond substituents is 1. The van der Waals surface area contributed by atoms with E-state index in [9.17, 15) is 9.90 Å². The summed E-state index contributed by atoms with van der Waals surface area (Å²) in [5.41, 5.74) is 3.25. The van der Waals surface area contributed by atoms with Crippen molar-refractivity contribution in [2.24, 2.45) is 0 Å². The number of ether oxygens (including phenoxy) is 1. The number of anilines is 1. The summed E-state index contributed by atoms with van der Waals surface area (Å²) >= 11 is 6.34. The molecule has 0 aliphatic carbocycles. The first-order valence-electron chi connectivity index (χ1n) is 11.1. The van der Waals surface area contributed by atoms with Gasteiger partial charge in [-0.25, -0.2) is 4.68 Å². The number of hydrogen-bond donors (Lipinski definition) is 3. The highest BCUT2D eigenvalue weighted by atomic mass is 35.5. The summed E-state index contributed by atoms with van der Waals surface area (Å²) in [5.74, 6) is 0.0801. The van der Waals surface area contributed by atoms with E-state index in [1.165, 1.54) is 12.1 Å².